The van der Waals surface area contributed by atoms with Gasteiger partial charge in [0.1, 0.15) is 12.2 Å². The molecule has 0 atom stereocenters. The summed E-state index contributed by atoms with van der Waals surface area (Å²) in [6.45, 7) is 4.16. The first-order valence-corrected chi connectivity index (χ1v) is 9.02. The van der Waals surface area contributed by atoms with Crippen molar-refractivity contribution >= 4 is 23.0 Å². The molecular weight excluding hydrogens is 372 g/mol. The Morgan fingerprint density at radius 3 is 2.52 bits per heavy atom. The van der Waals surface area contributed by atoms with Gasteiger partial charge >= 0.3 is 11.6 Å². The first-order valence-electron chi connectivity index (χ1n) is 9.02. The molecule has 0 amide bonds. The van der Waals surface area contributed by atoms with Crippen molar-refractivity contribution in [1.82, 2.24) is 0 Å². The average molecular weight is 394 g/mol. The van der Waals surface area contributed by atoms with Crippen LogP contribution in [-0.4, -0.2) is 20.2 Å². The van der Waals surface area contributed by atoms with Crippen molar-refractivity contribution in [3.8, 4) is 11.5 Å². The summed E-state index contributed by atoms with van der Waals surface area (Å²) in [7, 11) is 2.86. The van der Waals surface area contributed by atoms with Gasteiger partial charge in [0.25, 0.3) is 0 Å². The SMILES string of the molecule is COC(=O)/C=C/c1ccc(OCc2cc(=O)oc3cc(C)c(C)cc23)c(OC)c1. The van der Waals surface area contributed by atoms with Gasteiger partial charge in [0.2, 0.25) is 0 Å². The van der Waals surface area contributed by atoms with E-state index in [0.717, 1.165) is 27.6 Å². The van der Waals surface area contributed by atoms with E-state index in [-0.39, 0.29) is 6.61 Å². The fourth-order valence-corrected chi connectivity index (χ4v) is 2.90. The van der Waals surface area contributed by atoms with Gasteiger partial charge in [-0.15, -0.1) is 0 Å². The molecule has 0 bridgehead atoms. The van der Waals surface area contributed by atoms with Gasteiger partial charge in [-0.1, -0.05) is 6.07 Å². The summed E-state index contributed by atoms with van der Waals surface area (Å²) in [4.78, 5) is 23.2. The van der Waals surface area contributed by atoms with Gasteiger partial charge in [0.15, 0.2) is 11.5 Å². The zero-order valence-corrected chi connectivity index (χ0v) is 16.8. The number of carbonyl (C=O) groups is 1. The predicted molar refractivity (Wildman–Crippen MR) is 110 cm³/mol. The average Bonchev–Trinajstić information content (AvgIpc) is 2.71. The van der Waals surface area contributed by atoms with Crippen LogP contribution in [0.4, 0.5) is 0 Å². The maximum Gasteiger partial charge on any atom is 0.336 e. The lowest BCUT2D eigenvalue weighted by Gasteiger charge is -2.13. The number of fused-ring (bicyclic) bond motifs is 1. The van der Waals surface area contributed by atoms with E-state index in [1.54, 1.807) is 24.3 Å². The van der Waals surface area contributed by atoms with E-state index in [0.29, 0.717) is 17.1 Å². The fraction of sp³-hybridized carbons (Fsp3) is 0.217. The Bertz CT molecular complexity index is 1140. The number of methoxy groups -OCH3 is 2. The summed E-state index contributed by atoms with van der Waals surface area (Å²) >= 11 is 0. The number of carbonyl (C=O) groups excluding carboxylic acids is 1. The molecule has 0 unspecified atom stereocenters. The van der Waals surface area contributed by atoms with Gasteiger partial charge in [0.05, 0.1) is 14.2 Å². The van der Waals surface area contributed by atoms with Crippen molar-refractivity contribution in [1.29, 1.82) is 0 Å². The van der Waals surface area contributed by atoms with Crippen LogP contribution < -0.4 is 15.1 Å². The third-order valence-corrected chi connectivity index (χ3v) is 4.63. The fourth-order valence-electron chi connectivity index (χ4n) is 2.90. The van der Waals surface area contributed by atoms with E-state index < -0.39 is 11.6 Å². The molecule has 3 aromatic rings. The van der Waals surface area contributed by atoms with Crippen LogP contribution in [0.2, 0.25) is 0 Å². The van der Waals surface area contributed by atoms with E-state index in [1.807, 2.05) is 26.0 Å². The lowest BCUT2D eigenvalue weighted by molar-refractivity contribution is -0.134. The van der Waals surface area contributed by atoms with Crippen LogP contribution in [0.15, 0.2) is 51.7 Å². The summed E-state index contributed by atoms with van der Waals surface area (Å²) in [5.41, 5.74) is 3.76. The summed E-state index contributed by atoms with van der Waals surface area (Å²) in [6, 6.07) is 10.6. The molecule has 0 saturated carbocycles. The third kappa shape index (κ3) is 4.66. The highest BCUT2D eigenvalue weighted by molar-refractivity contribution is 5.87. The third-order valence-electron chi connectivity index (χ3n) is 4.63. The molecule has 1 heterocycles. The number of rotatable bonds is 6. The Balaban J connectivity index is 1.88. The molecule has 0 aliphatic heterocycles. The smallest absolute Gasteiger partial charge is 0.336 e. The Morgan fingerprint density at radius 2 is 1.79 bits per heavy atom. The van der Waals surface area contributed by atoms with Crippen molar-refractivity contribution in [3.63, 3.8) is 0 Å². The Hall–Kier alpha value is -3.54. The predicted octanol–water partition coefficient (Wildman–Crippen LogP) is 4.18. The van der Waals surface area contributed by atoms with Gasteiger partial charge < -0.3 is 18.6 Å². The normalized spacial score (nSPS) is 11.0. The number of hydrogen-bond donors (Lipinski definition) is 0. The summed E-state index contributed by atoms with van der Waals surface area (Å²) in [5.74, 6) is 0.592. The first kappa shape index (κ1) is 20.2. The van der Waals surface area contributed by atoms with Gasteiger partial charge in [-0.25, -0.2) is 9.59 Å². The molecule has 6 heteroatoms. The topological polar surface area (TPSA) is 75.0 Å². The molecule has 1 aromatic heterocycles. The monoisotopic (exact) mass is 394 g/mol. The zero-order chi connectivity index (χ0) is 21.0. The number of esters is 1. The lowest BCUT2D eigenvalue weighted by Crippen LogP contribution is -2.05. The Morgan fingerprint density at radius 1 is 1.03 bits per heavy atom. The van der Waals surface area contributed by atoms with Crippen LogP contribution >= 0.6 is 0 Å². The number of aryl methyl sites for hydroxylation is 2. The molecule has 6 nitrogen and oxygen atoms in total. The van der Waals surface area contributed by atoms with Crippen molar-refractivity contribution in [2.75, 3.05) is 14.2 Å². The standard InChI is InChI=1S/C23H22O6/c1-14-9-18-17(12-23(25)29-20(18)10-15(14)2)13-28-19-7-5-16(11-21(19)26-3)6-8-22(24)27-4/h5-12H,13H2,1-4H3/b8-6+. The number of ether oxygens (including phenoxy) is 3. The van der Waals surface area contributed by atoms with Gasteiger partial charge in [-0.2, -0.15) is 0 Å². The maximum atomic E-state index is 11.9. The van der Waals surface area contributed by atoms with Crippen LogP contribution in [0.25, 0.3) is 17.0 Å². The first-order chi connectivity index (χ1) is 13.9. The Kier molecular flexibility index (Phi) is 6.02. The van der Waals surface area contributed by atoms with Crippen LogP contribution in [0.3, 0.4) is 0 Å². The van der Waals surface area contributed by atoms with Crippen LogP contribution in [0, 0.1) is 13.8 Å². The molecule has 0 radical (unpaired) electrons. The van der Waals surface area contributed by atoms with Crippen molar-refractivity contribution in [3.05, 3.63) is 75.1 Å². The summed E-state index contributed by atoms with van der Waals surface area (Å²) in [5, 5.41) is 0.837. The largest absolute Gasteiger partial charge is 0.493 e. The molecule has 0 aliphatic rings. The molecule has 0 saturated heterocycles. The van der Waals surface area contributed by atoms with E-state index in [2.05, 4.69) is 4.74 Å². The van der Waals surface area contributed by atoms with Crippen LogP contribution in [0.5, 0.6) is 11.5 Å². The van der Waals surface area contributed by atoms with Crippen molar-refractivity contribution in [2.24, 2.45) is 0 Å². The molecular formula is C23H22O6. The molecule has 0 N–H and O–H groups in total. The van der Waals surface area contributed by atoms with E-state index in [4.69, 9.17) is 13.9 Å². The minimum atomic E-state index is -0.440. The quantitative estimate of drug-likeness (QED) is 0.355. The molecule has 2 aromatic carbocycles. The van der Waals surface area contributed by atoms with E-state index in [9.17, 15) is 9.59 Å². The van der Waals surface area contributed by atoms with Gasteiger partial charge in [-0.3, -0.25) is 0 Å². The minimum absolute atomic E-state index is 0.179. The van der Waals surface area contributed by atoms with Gasteiger partial charge in [-0.05, 0) is 60.9 Å². The highest BCUT2D eigenvalue weighted by Gasteiger charge is 2.11. The second-order valence-electron chi connectivity index (χ2n) is 6.58. The molecule has 3 rings (SSSR count). The van der Waals surface area contributed by atoms with E-state index >= 15 is 0 Å². The zero-order valence-electron chi connectivity index (χ0n) is 16.8. The van der Waals surface area contributed by atoms with E-state index in [1.165, 1.54) is 26.4 Å². The highest BCUT2D eigenvalue weighted by Crippen LogP contribution is 2.30. The molecule has 0 aliphatic carbocycles. The van der Waals surface area contributed by atoms with Crippen molar-refractivity contribution in [2.45, 2.75) is 20.5 Å². The summed E-state index contributed by atoms with van der Waals surface area (Å²) < 4.78 is 21.2. The molecule has 150 valence electrons. The molecule has 0 fully saturated rings. The Labute approximate surface area is 168 Å². The molecule has 0 spiro atoms. The highest BCUT2D eigenvalue weighted by atomic mass is 16.5. The van der Waals surface area contributed by atoms with Crippen LogP contribution in [0.1, 0.15) is 22.3 Å². The second-order valence-corrected chi connectivity index (χ2v) is 6.58. The van der Waals surface area contributed by atoms with Crippen LogP contribution in [-0.2, 0) is 16.1 Å². The minimum Gasteiger partial charge on any atom is -0.493 e. The summed E-state index contributed by atoms with van der Waals surface area (Å²) in [6.07, 6.45) is 2.95. The lowest BCUT2D eigenvalue weighted by atomic mass is 10.0. The maximum absolute atomic E-state index is 11.9. The van der Waals surface area contributed by atoms with Crippen molar-refractivity contribution < 1.29 is 23.4 Å². The number of hydrogen-bond acceptors (Lipinski definition) is 6. The second kappa shape index (κ2) is 8.65. The van der Waals surface area contributed by atoms with Gasteiger partial charge in [0, 0.05) is 23.1 Å². The molecule has 29 heavy (non-hydrogen) atoms. The number of benzene rings is 2.